The number of ether oxygens (including phenoxy) is 1. The molecule has 1 atom stereocenters. The molecule has 1 fully saturated rings. The number of nitrogens with zero attached hydrogens (tertiary/aromatic N) is 4. The number of carbonyl (C=O) groups is 1. The largest absolute Gasteiger partial charge is 0.497 e. The Kier molecular flexibility index (Phi) is 5.98. The molecule has 4 heterocycles. The second kappa shape index (κ2) is 9.10. The van der Waals surface area contributed by atoms with Gasteiger partial charge in [-0.1, -0.05) is 6.07 Å². The minimum atomic E-state index is -3.13. The van der Waals surface area contributed by atoms with Crippen molar-refractivity contribution in [2.45, 2.75) is 25.9 Å². The lowest BCUT2D eigenvalue weighted by Crippen LogP contribution is -2.24. The molecule has 1 amide bonds. The van der Waals surface area contributed by atoms with E-state index in [4.69, 9.17) is 9.72 Å². The van der Waals surface area contributed by atoms with E-state index in [1.165, 1.54) is 0 Å². The molecule has 4 aromatic rings. The number of rotatable bonds is 6. The van der Waals surface area contributed by atoms with E-state index in [1.807, 2.05) is 49.4 Å². The van der Waals surface area contributed by atoms with Crippen LogP contribution in [0.5, 0.6) is 5.75 Å². The summed E-state index contributed by atoms with van der Waals surface area (Å²) in [5.74, 6) is 0.562. The molecule has 1 aromatic carbocycles. The smallest absolute Gasteiger partial charge is 0.252 e. The Balaban J connectivity index is 1.61. The number of carbonyl (C=O) groups excluding carboxylic acids is 1. The summed E-state index contributed by atoms with van der Waals surface area (Å²) < 4.78 is 31.3. The standard InChI is InChI=1S/C25H25N5O4S/c1-16-23-21(25(31)27-14-18-5-3-4-11-26-18)13-22(17-6-8-20(34-2)9-7-17)28-24(23)30(29-16)19-10-12-35(32,33)15-19/h3-9,11,13,19H,10,12,14-15H2,1-2H3,(H,27,31)/t19-/m1/s1. The molecule has 9 nitrogen and oxygen atoms in total. The fourth-order valence-electron chi connectivity index (χ4n) is 4.39. The summed E-state index contributed by atoms with van der Waals surface area (Å²) in [6, 6.07) is 14.4. The predicted molar refractivity (Wildman–Crippen MR) is 132 cm³/mol. The van der Waals surface area contributed by atoms with Gasteiger partial charge in [-0.2, -0.15) is 5.10 Å². The molecule has 0 bridgehead atoms. The van der Waals surface area contributed by atoms with Gasteiger partial charge in [0.05, 0.1) is 59.2 Å². The highest BCUT2D eigenvalue weighted by atomic mass is 32.2. The van der Waals surface area contributed by atoms with Crippen LogP contribution in [0, 0.1) is 6.92 Å². The van der Waals surface area contributed by atoms with Gasteiger partial charge in [0.15, 0.2) is 15.5 Å². The SMILES string of the molecule is COc1ccc(-c2cc(C(=O)NCc3ccccn3)c3c(C)nn([C@@H]4CCS(=O)(=O)C4)c3n2)cc1. The number of pyridine rings is 2. The van der Waals surface area contributed by atoms with Crippen LogP contribution < -0.4 is 10.1 Å². The average Bonchev–Trinajstić information content (AvgIpc) is 3.41. The molecule has 10 heteroatoms. The van der Waals surface area contributed by atoms with Crippen LogP contribution in [0.2, 0.25) is 0 Å². The molecule has 1 N–H and O–H groups in total. The number of benzene rings is 1. The van der Waals surface area contributed by atoms with E-state index >= 15 is 0 Å². The number of aryl methyl sites for hydroxylation is 1. The number of hydrogen-bond acceptors (Lipinski definition) is 7. The van der Waals surface area contributed by atoms with Gasteiger partial charge in [0, 0.05) is 11.8 Å². The minimum absolute atomic E-state index is 0.0128. The van der Waals surface area contributed by atoms with Crippen LogP contribution in [0.25, 0.3) is 22.3 Å². The van der Waals surface area contributed by atoms with Gasteiger partial charge >= 0.3 is 0 Å². The van der Waals surface area contributed by atoms with Crippen LogP contribution in [-0.2, 0) is 16.4 Å². The minimum Gasteiger partial charge on any atom is -0.497 e. The molecule has 35 heavy (non-hydrogen) atoms. The van der Waals surface area contributed by atoms with Gasteiger partial charge in [0.2, 0.25) is 0 Å². The molecule has 0 unspecified atom stereocenters. The summed E-state index contributed by atoms with van der Waals surface area (Å²) in [7, 11) is -1.53. The number of methoxy groups -OCH3 is 1. The Morgan fingerprint density at radius 3 is 2.66 bits per heavy atom. The zero-order valence-corrected chi connectivity index (χ0v) is 20.2. The van der Waals surface area contributed by atoms with Gasteiger partial charge in [-0.15, -0.1) is 0 Å². The molecule has 1 aliphatic rings. The third-order valence-corrected chi connectivity index (χ3v) is 7.93. The Morgan fingerprint density at radius 2 is 2.00 bits per heavy atom. The molecule has 0 radical (unpaired) electrons. The van der Waals surface area contributed by atoms with E-state index in [-0.39, 0.29) is 30.0 Å². The monoisotopic (exact) mass is 491 g/mol. The van der Waals surface area contributed by atoms with Crippen molar-refractivity contribution in [2.75, 3.05) is 18.6 Å². The normalized spacial score (nSPS) is 16.9. The number of amides is 1. The van der Waals surface area contributed by atoms with Crippen molar-refractivity contribution in [3.8, 4) is 17.0 Å². The van der Waals surface area contributed by atoms with E-state index in [0.717, 1.165) is 11.3 Å². The molecule has 0 saturated carbocycles. The van der Waals surface area contributed by atoms with Crippen molar-refractivity contribution in [1.29, 1.82) is 0 Å². The number of aromatic nitrogens is 4. The first-order valence-electron chi connectivity index (χ1n) is 11.3. The van der Waals surface area contributed by atoms with Crippen LogP contribution in [0.4, 0.5) is 0 Å². The first-order valence-corrected chi connectivity index (χ1v) is 13.1. The van der Waals surface area contributed by atoms with Crippen molar-refractivity contribution in [3.63, 3.8) is 0 Å². The number of hydrogen-bond donors (Lipinski definition) is 1. The summed E-state index contributed by atoms with van der Waals surface area (Å²) in [5.41, 5.74) is 3.69. The lowest BCUT2D eigenvalue weighted by atomic mass is 10.0. The lowest BCUT2D eigenvalue weighted by Gasteiger charge is -2.12. The molecule has 1 aliphatic heterocycles. The van der Waals surface area contributed by atoms with Crippen molar-refractivity contribution in [1.82, 2.24) is 25.1 Å². The summed E-state index contributed by atoms with van der Waals surface area (Å²) in [4.78, 5) is 22.5. The van der Waals surface area contributed by atoms with E-state index < -0.39 is 9.84 Å². The average molecular weight is 492 g/mol. The lowest BCUT2D eigenvalue weighted by molar-refractivity contribution is 0.0952. The maximum atomic E-state index is 13.4. The van der Waals surface area contributed by atoms with Gasteiger partial charge in [-0.05, 0) is 55.8 Å². The van der Waals surface area contributed by atoms with E-state index in [1.54, 1.807) is 24.1 Å². The highest BCUT2D eigenvalue weighted by Gasteiger charge is 2.32. The quantitative estimate of drug-likeness (QED) is 0.441. The zero-order valence-electron chi connectivity index (χ0n) is 19.4. The van der Waals surface area contributed by atoms with Gasteiger partial charge in [0.25, 0.3) is 5.91 Å². The van der Waals surface area contributed by atoms with Crippen molar-refractivity contribution < 1.29 is 17.9 Å². The number of fused-ring (bicyclic) bond motifs is 1. The Bertz CT molecular complexity index is 1500. The van der Waals surface area contributed by atoms with Crippen molar-refractivity contribution in [2.24, 2.45) is 0 Å². The molecule has 5 rings (SSSR count). The maximum absolute atomic E-state index is 13.4. The number of sulfone groups is 1. The highest BCUT2D eigenvalue weighted by molar-refractivity contribution is 7.91. The summed E-state index contributed by atoms with van der Waals surface area (Å²) in [6.45, 7) is 2.09. The number of nitrogens with one attached hydrogen (secondary N) is 1. The summed E-state index contributed by atoms with van der Waals surface area (Å²) in [6.07, 6.45) is 2.14. The first-order chi connectivity index (χ1) is 16.8. The van der Waals surface area contributed by atoms with Gasteiger partial charge in [0.1, 0.15) is 5.75 Å². The van der Waals surface area contributed by atoms with Crippen molar-refractivity contribution >= 4 is 26.8 Å². The maximum Gasteiger partial charge on any atom is 0.252 e. The predicted octanol–water partition coefficient (Wildman–Crippen LogP) is 3.10. The fraction of sp³-hybridized carbons (Fsp3) is 0.280. The van der Waals surface area contributed by atoms with E-state index in [0.29, 0.717) is 40.2 Å². The van der Waals surface area contributed by atoms with E-state index in [2.05, 4.69) is 15.4 Å². The molecular formula is C25H25N5O4S. The first kappa shape index (κ1) is 23.0. The van der Waals surface area contributed by atoms with Gasteiger partial charge in [-0.3, -0.25) is 9.78 Å². The van der Waals surface area contributed by atoms with Crippen LogP contribution in [0.15, 0.2) is 54.7 Å². The third kappa shape index (κ3) is 4.61. The summed E-state index contributed by atoms with van der Waals surface area (Å²) >= 11 is 0. The third-order valence-electron chi connectivity index (χ3n) is 6.18. The summed E-state index contributed by atoms with van der Waals surface area (Å²) in [5, 5.41) is 8.20. The Morgan fingerprint density at radius 1 is 1.20 bits per heavy atom. The highest BCUT2D eigenvalue weighted by Crippen LogP contribution is 2.32. The topological polar surface area (TPSA) is 116 Å². The van der Waals surface area contributed by atoms with Crippen LogP contribution in [-0.4, -0.2) is 52.7 Å². The van der Waals surface area contributed by atoms with Crippen molar-refractivity contribution in [3.05, 3.63) is 71.7 Å². The van der Waals surface area contributed by atoms with Crippen LogP contribution in [0.1, 0.15) is 34.2 Å². The van der Waals surface area contributed by atoms with E-state index in [9.17, 15) is 13.2 Å². The molecule has 0 aliphatic carbocycles. The van der Waals surface area contributed by atoms with Gasteiger partial charge in [-0.25, -0.2) is 18.1 Å². The fourth-order valence-corrected chi connectivity index (χ4v) is 6.09. The Labute approximate surface area is 203 Å². The van der Waals surface area contributed by atoms with Crippen LogP contribution in [0.3, 0.4) is 0 Å². The Hall–Kier alpha value is -3.79. The van der Waals surface area contributed by atoms with Gasteiger partial charge < -0.3 is 10.1 Å². The zero-order chi connectivity index (χ0) is 24.6. The van der Waals surface area contributed by atoms with Crippen LogP contribution >= 0.6 is 0 Å². The molecule has 1 saturated heterocycles. The second-order valence-corrected chi connectivity index (χ2v) is 10.8. The molecule has 0 spiro atoms. The molecular weight excluding hydrogens is 466 g/mol. The second-order valence-electron chi connectivity index (χ2n) is 8.57. The molecule has 180 valence electrons. The molecule has 3 aromatic heterocycles.